The van der Waals surface area contributed by atoms with Gasteiger partial charge in [0.05, 0.1) is 5.56 Å². The van der Waals surface area contributed by atoms with Crippen LogP contribution in [0.4, 0.5) is 4.39 Å². The summed E-state index contributed by atoms with van der Waals surface area (Å²) in [6, 6.07) is 17.0. The topological polar surface area (TPSA) is 58.2 Å². The van der Waals surface area contributed by atoms with Gasteiger partial charge < -0.3 is 0 Å². The molecule has 1 aromatic heterocycles. The van der Waals surface area contributed by atoms with Crippen molar-refractivity contribution in [3.05, 3.63) is 87.5 Å². The van der Waals surface area contributed by atoms with Gasteiger partial charge in [-0.3, -0.25) is 20.4 Å². The minimum absolute atomic E-state index is 0.289. The van der Waals surface area contributed by atoms with Gasteiger partial charge in [0.25, 0.3) is 11.8 Å². The molecule has 136 valence electrons. The van der Waals surface area contributed by atoms with E-state index in [1.165, 1.54) is 23.5 Å². The summed E-state index contributed by atoms with van der Waals surface area (Å²) in [5.41, 5.74) is 5.61. The van der Waals surface area contributed by atoms with E-state index in [4.69, 9.17) is 0 Å². The molecule has 0 aliphatic rings. The molecule has 0 radical (unpaired) electrons. The van der Waals surface area contributed by atoms with Crippen LogP contribution in [-0.2, 0) is 4.79 Å². The Labute approximate surface area is 167 Å². The highest BCUT2D eigenvalue weighted by atomic mass is 79.9. The summed E-state index contributed by atoms with van der Waals surface area (Å²) in [5, 5.41) is 0. The molecule has 0 atom stereocenters. The van der Waals surface area contributed by atoms with Gasteiger partial charge in [-0.05, 0) is 52.3 Å². The van der Waals surface area contributed by atoms with Crippen molar-refractivity contribution in [2.75, 3.05) is 0 Å². The van der Waals surface area contributed by atoms with Gasteiger partial charge in [-0.1, -0.05) is 30.3 Å². The average Bonchev–Trinajstić information content (AvgIpc) is 3.14. The second-order valence-corrected chi connectivity index (χ2v) is 7.41. The van der Waals surface area contributed by atoms with Crippen LogP contribution in [0.3, 0.4) is 0 Å². The maximum atomic E-state index is 13.8. The molecule has 0 aliphatic carbocycles. The van der Waals surface area contributed by atoms with E-state index in [0.29, 0.717) is 15.6 Å². The number of hydrogen-bond donors (Lipinski definition) is 2. The minimum atomic E-state index is -0.476. The second-order valence-electron chi connectivity index (χ2n) is 5.44. The molecule has 7 heteroatoms. The van der Waals surface area contributed by atoms with E-state index in [-0.39, 0.29) is 5.82 Å². The fourth-order valence-corrected chi connectivity index (χ4v) is 3.68. The molecular formula is C20H14BrFN2O2S. The monoisotopic (exact) mass is 444 g/mol. The summed E-state index contributed by atoms with van der Waals surface area (Å²) in [7, 11) is 0. The minimum Gasteiger partial charge on any atom is -0.268 e. The zero-order valence-electron chi connectivity index (χ0n) is 13.9. The lowest BCUT2D eigenvalue weighted by Crippen LogP contribution is -2.40. The van der Waals surface area contributed by atoms with Crippen LogP contribution in [0.25, 0.3) is 16.5 Å². The number of hydrazine groups is 1. The molecule has 0 bridgehead atoms. The number of carbonyl (C=O) groups excluding carboxylic acids is 2. The first-order valence-electron chi connectivity index (χ1n) is 7.92. The first kappa shape index (κ1) is 19.0. The molecule has 27 heavy (non-hydrogen) atoms. The molecule has 1 heterocycles. The molecule has 0 unspecified atom stereocenters. The third-order valence-corrected chi connectivity index (χ3v) is 5.36. The van der Waals surface area contributed by atoms with Crippen LogP contribution >= 0.6 is 27.3 Å². The average molecular weight is 445 g/mol. The summed E-state index contributed by atoms with van der Waals surface area (Å²) in [5.74, 6) is -1.19. The van der Waals surface area contributed by atoms with E-state index in [2.05, 4.69) is 26.8 Å². The number of rotatable bonds is 4. The van der Waals surface area contributed by atoms with Gasteiger partial charge in [0.2, 0.25) is 0 Å². The van der Waals surface area contributed by atoms with Crippen LogP contribution < -0.4 is 10.9 Å². The molecular weight excluding hydrogens is 431 g/mol. The molecule has 0 fully saturated rings. The van der Waals surface area contributed by atoms with Crippen molar-refractivity contribution in [2.24, 2.45) is 0 Å². The SMILES string of the molecule is O=C(/C=C/c1ccc(-c2ccccc2F)s1)NNC(=O)c1ccccc1Br. The number of carbonyl (C=O) groups is 2. The lowest BCUT2D eigenvalue weighted by atomic mass is 10.2. The number of amides is 2. The number of thiophene rings is 1. The Bertz CT molecular complexity index is 1020. The van der Waals surface area contributed by atoms with E-state index in [1.807, 2.05) is 0 Å². The van der Waals surface area contributed by atoms with Crippen LogP contribution in [0.2, 0.25) is 0 Å². The van der Waals surface area contributed by atoms with Crippen LogP contribution in [0.15, 0.2) is 71.2 Å². The fraction of sp³-hybridized carbons (Fsp3) is 0. The second kappa shape index (κ2) is 8.75. The highest BCUT2D eigenvalue weighted by Gasteiger charge is 2.09. The number of hydrogen-bond acceptors (Lipinski definition) is 3. The van der Waals surface area contributed by atoms with Crippen LogP contribution in [0, 0.1) is 5.82 Å². The molecule has 0 saturated heterocycles. The number of benzene rings is 2. The molecule has 4 nitrogen and oxygen atoms in total. The summed E-state index contributed by atoms with van der Waals surface area (Å²) in [4.78, 5) is 25.5. The van der Waals surface area contributed by atoms with Crippen LogP contribution in [0.1, 0.15) is 15.2 Å². The zero-order chi connectivity index (χ0) is 19.2. The Morgan fingerprint density at radius 3 is 2.48 bits per heavy atom. The standard InChI is InChI=1S/C20H14BrFN2O2S/c21-16-7-3-1-5-14(16)20(26)24-23-19(25)12-10-13-9-11-18(27-13)15-6-2-4-8-17(15)22/h1-12H,(H,23,25)(H,24,26)/b12-10+. The van der Waals surface area contributed by atoms with E-state index in [9.17, 15) is 14.0 Å². The molecule has 3 rings (SSSR count). The first-order chi connectivity index (χ1) is 13.0. The van der Waals surface area contributed by atoms with Crippen LogP contribution in [-0.4, -0.2) is 11.8 Å². The predicted molar refractivity (Wildman–Crippen MR) is 108 cm³/mol. The Hall–Kier alpha value is -2.77. The highest BCUT2D eigenvalue weighted by molar-refractivity contribution is 9.10. The third-order valence-electron chi connectivity index (χ3n) is 3.58. The van der Waals surface area contributed by atoms with Gasteiger partial charge in [-0.25, -0.2) is 4.39 Å². The smallest absolute Gasteiger partial charge is 0.268 e. The van der Waals surface area contributed by atoms with Crippen molar-refractivity contribution >= 4 is 45.2 Å². The van der Waals surface area contributed by atoms with Crippen molar-refractivity contribution in [1.82, 2.24) is 10.9 Å². The van der Waals surface area contributed by atoms with Crippen molar-refractivity contribution in [2.45, 2.75) is 0 Å². The van der Waals surface area contributed by atoms with Crippen molar-refractivity contribution < 1.29 is 14.0 Å². The first-order valence-corrected chi connectivity index (χ1v) is 9.53. The lowest BCUT2D eigenvalue weighted by molar-refractivity contribution is -0.117. The molecule has 0 spiro atoms. The normalized spacial score (nSPS) is 10.7. The quantitative estimate of drug-likeness (QED) is 0.448. The van der Waals surface area contributed by atoms with Gasteiger partial charge in [0.15, 0.2) is 0 Å². The molecule has 3 aromatic rings. The number of halogens is 2. The highest BCUT2D eigenvalue weighted by Crippen LogP contribution is 2.30. The summed E-state index contributed by atoms with van der Waals surface area (Å²) < 4.78 is 14.5. The van der Waals surface area contributed by atoms with E-state index in [1.54, 1.807) is 60.7 Å². The zero-order valence-corrected chi connectivity index (χ0v) is 16.3. The van der Waals surface area contributed by atoms with Crippen molar-refractivity contribution in [3.63, 3.8) is 0 Å². The maximum Gasteiger partial charge on any atom is 0.270 e. The van der Waals surface area contributed by atoms with Crippen molar-refractivity contribution in [3.8, 4) is 10.4 Å². The fourth-order valence-electron chi connectivity index (χ4n) is 2.28. The Balaban J connectivity index is 1.59. The third kappa shape index (κ3) is 4.90. The van der Waals surface area contributed by atoms with Gasteiger partial charge in [-0.2, -0.15) is 0 Å². The summed E-state index contributed by atoms with van der Waals surface area (Å²) >= 11 is 4.64. The predicted octanol–water partition coefficient (Wildman–Crippen LogP) is 4.79. The molecule has 2 N–H and O–H groups in total. The van der Waals surface area contributed by atoms with E-state index >= 15 is 0 Å². The van der Waals surface area contributed by atoms with Crippen molar-refractivity contribution in [1.29, 1.82) is 0 Å². The maximum absolute atomic E-state index is 13.8. The van der Waals surface area contributed by atoms with Crippen LogP contribution in [0.5, 0.6) is 0 Å². The van der Waals surface area contributed by atoms with Gasteiger partial charge in [0.1, 0.15) is 5.82 Å². The molecule has 0 saturated carbocycles. The Morgan fingerprint density at radius 2 is 1.70 bits per heavy atom. The molecule has 2 amide bonds. The molecule has 2 aromatic carbocycles. The summed E-state index contributed by atoms with van der Waals surface area (Å²) in [6.45, 7) is 0. The van der Waals surface area contributed by atoms with Gasteiger partial charge >= 0.3 is 0 Å². The Kier molecular flexibility index (Phi) is 6.16. The number of nitrogens with one attached hydrogen (secondary N) is 2. The largest absolute Gasteiger partial charge is 0.270 e. The summed E-state index contributed by atoms with van der Waals surface area (Å²) in [6.07, 6.45) is 2.91. The Morgan fingerprint density at radius 1 is 0.963 bits per heavy atom. The van der Waals surface area contributed by atoms with Gasteiger partial charge in [-0.15, -0.1) is 11.3 Å². The molecule has 0 aliphatic heterocycles. The lowest BCUT2D eigenvalue weighted by Gasteiger charge is -2.06. The van der Waals surface area contributed by atoms with E-state index in [0.717, 1.165) is 9.75 Å². The van der Waals surface area contributed by atoms with E-state index < -0.39 is 11.8 Å². The van der Waals surface area contributed by atoms with Gasteiger partial charge in [0, 0.05) is 25.9 Å².